The maximum Gasteiger partial charge on any atom is 0.0596 e. The van der Waals surface area contributed by atoms with Gasteiger partial charge in [0.05, 0.1) is 6.10 Å². The molecule has 1 fully saturated rings. The summed E-state index contributed by atoms with van der Waals surface area (Å²) in [6.07, 6.45) is 4.10. The van der Waals surface area contributed by atoms with Crippen LogP contribution in [-0.2, 0) is 4.74 Å². The van der Waals surface area contributed by atoms with Crippen molar-refractivity contribution in [3.63, 3.8) is 0 Å². The average molecular weight is 235 g/mol. The van der Waals surface area contributed by atoms with Crippen LogP contribution in [0.4, 0.5) is 0 Å². The first-order valence-corrected chi connectivity index (χ1v) is 5.64. The zero-order valence-electron chi connectivity index (χ0n) is 8.27. The molecule has 0 unspecified atom stereocenters. The number of rotatable bonds is 3. The van der Waals surface area contributed by atoms with Crippen LogP contribution < -0.4 is 0 Å². The molecule has 0 atom stereocenters. The Morgan fingerprint density at radius 3 is 2.33 bits per heavy atom. The van der Waals surface area contributed by atoms with Crippen LogP contribution in [0.15, 0.2) is 0 Å². The van der Waals surface area contributed by atoms with E-state index in [2.05, 4.69) is 36.7 Å². The van der Waals surface area contributed by atoms with E-state index in [0.29, 0.717) is 11.5 Å². The standard InChI is InChI=1S/C10H19BrO/c1-10(2,3)4-5-12-9-6-8(11)7-9/h8-9H,4-7H2,1-3H3. The largest absolute Gasteiger partial charge is 0.378 e. The molecule has 0 heterocycles. The van der Waals surface area contributed by atoms with Crippen molar-refractivity contribution in [1.82, 2.24) is 0 Å². The van der Waals surface area contributed by atoms with Crippen LogP contribution in [0.2, 0.25) is 0 Å². The highest BCUT2D eigenvalue weighted by molar-refractivity contribution is 9.09. The van der Waals surface area contributed by atoms with Crippen molar-refractivity contribution >= 4 is 15.9 Å². The molecule has 0 radical (unpaired) electrons. The first kappa shape index (κ1) is 10.5. The molecule has 72 valence electrons. The van der Waals surface area contributed by atoms with Gasteiger partial charge in [-0.1, -0.05) is 36.7 Å². The number of hydrogen-bond donors (Lipinski definition) is 0. The van der Waals surface area contributed by atoms with Gasteiger partial charge in [0.15, 0.2) is 0 Å². The fourth-order valence-corrected chi connectivity index (χ4v) is 2.00. The molecule has 1 aliphatic rings. The first-order valence-electron chi connectivity index (χ1n) is 4.73. The van der Waals surface area contributed by atoms with Crippen LogP contribution in [0.25, 0.3) is 0 Å². The lowest BCUT2D eigenvalue weighted by atomic mass is 9.92. The minimum Gasteiger partial charge on any atom is -0.378 e. The van der Waals surface area contributed by atoms with Crippen molar-refractivity contribution in [3.05, 3.63) is 0 Å². The summed E-state index contributed by atoms with van der Waals surface area (Å²) in [5.74, 6) is 0. The molecule has 0 saturated heterocycles. The third kappa shape index (κ3) is 3.90. The van der Waals surface area contributed by atoms with E-state index in [-0.39, 0.29) is 0 Å². The highest BCUT2D eigenvalue weighted by Crippen LogP contribution is 2.30. The molecule has 12 heavy (non-hydrogen) atoms. The number of hydrogen-bond acceptors (Lipinski definition) is 1. The molecule has 0 aromatic rings. The van der Waals surface area contributed by atoms with Crippen molar-refractivity contribution in [1.29, 1.82) is 0 Å². The van der Waals surface area contributed by atoms with Crippen LogP contribution >= 0.6 is 15.9 Å². The van der Waals surface area contributed by atoms with E-state index in [0.717, 1.165) is 17.9 Å². The molecule has 0 spiro atoms. The normalized spacial score (nSPS) is 30.0. The minimum absolute atomic E-state index is 0.414. The van der Waals surface area contributed by atoms with E-state index in [9.17, 15) is 0 Å². The van der Waals surface area contributed by atoms with Crippen molar-refractivity contribution in [2.75, 3.05) is 6.61 Å². The van der Waals surface area contributed by atoms with Crippen molar-refractivity contribution in [3.8, 4) is 0 Å². The smallest absolute Gasteiger partial charge is 0.0596 e. The number of ether oxygens (including phenoxy) is 1. The summed E-state index contributed by atoms with van der Waals surface area (Å²) in [5, 5.41) is 0. The lowest BCUT2D eigenvalue weighted by Crippen LogP contribution is -2.32. The van der Waals surface area contributed by atoms with Crippen molar-refractivity contribution < 1.29 is 4.74 Å². The van der Waals surface area contributed by atoms with E-state index >= 15 is 0 Å². The average Bonchev–Trinajstić information content (AvgIpc) is 1.81. The predicted octanol–water partition coefficient (Wildman–Crippen LogP) is 3.37. The second kappa shape index (κ2) is 4.10. The monoisotopic (exact) mass is 234 g/mol. The van der Waals surface area contributed by atoms with Gasteiger partial charge < -0.3 is 4.74 Å². The molecule has 0 N–H and O–H groups in total. The Morgan fingerprint density at radius 1 is 1.33 bits per heavy atom. The lowest BCUT2D eigenvalue weighted by molar-refractivity contribution is -0.00360. The molecular weight excluding hydrogens is 216 g/mol. The molecular formula is C10H19BrO. The van der Waals surface area contributed by atoms with Gasteiger partial charge in [-0.2, -0.15) is 0 Å². The van der Waals surface area contributed by atoms with E-state index in [1.807, 2.05) is 0 Å². The Bertz CT molecular complexity index is 133. The summed E-state index contributed by atoms with van der Waals surface area (Å²) in [4.78, 5) is 0.720. The van der Waals surface area contributed by atoms with Gasteiger partial charge in [-0.05, 0) is 24.7 Å². The third-order valence-electron chi connectivity index (χ3n) is 2.24. The summed E-state index contributed by atoms with van der Waals surface area (Å²) in [6.45, 7) is 7.69. The molecule has 0 aromatic carbocycles. The Labute approximate surface area is 84.0 Å². The highest BCUT2D eigenvalue weighted by atomic mass is 79.9. The molecule has 1 nitrogen and oxygen atoms in total. The van der Waals surface area contributed by atoms with Crippen molar-refractivity contribution in [2.45, 2.75) is 51.0 Å². The quantitative estimate of drug-likeness (QED) is 0.681. The summed E-state index contributed by atoms with van der Waals surface area (Å²) >= 11 is 3.55. The molecule has 2 heteroatoms. The zero-order chi connectivity index (χ0) is 9.19. The summed E-state index contributed by atoms with van der Waals surface area (Å²) in [6, 6.07) is 0. The first-order chi connectivity index (χ1) is 5.47. The van der Waals surface area contributed by atoms with Gasteiger partial charge in [0, 0.05) is 11.4 Å². The van der Waals surface area contributed by atoms with Crippen LogP contribution in [0.1, 0.15) is 40.0 Å². The molecule has 0 aliphatic heterocycles. The topological polar surface area (TPSA) is 9.23 Å². The Morgan fingerprint density at radius 2 is 1.92 bits per heavy atom. The van der Waals surface area contributed by atoms with Crippen LogP contribution in [0.5, 0.6) is 0 Å². The van der Waals surface area contributed by atoms with E-state index in [1.54, 1.807) is 0 Å². The van der Waals surface area contributed by atoms with E-state index < -0.39 is 0 Å². The van der Waals surface area contributed by atoms with Gasteiger partial charge in [-0.3, -0.25) is 0 Å². The fourth-order valence-electron chi connectivity index (χ4n) is 1.17. The molecule has 1 rings (SSSR count). The highest BCUT2D eigenvalue weighted by Gasteiger charge is 2.27. The van der Waals surface area contributed by atoms with Crippen molar-refractivity contribution in [2.24, 2.45) is 5.41 Å². The third-order valence-corrected chi connectivity index (χ3v) is 2.99. The Balaban J connectivity index is 1.97. The Kier molecular flexibility index (Phi) is 3.59. The van der Waals surface area contributed by atoms with Gasteiger partial charge >= 0.3 is 0 Å². The zero-order valence-corrected chi connectivity index (χ0v) is 9.86. The SMILES string of the molecule is CC(C)(C)CCOC1CC(Br)C1. The summed E-state index contributed by atoms with van der Waals surface area (Å²) in [5.41, 5.74) is 0.414. The van der Waals surface area contributed by atoms with Crippen LogP contribution in [0, 0.1) is 5.41 Å². The predicted molar refractivity (Wildman–Crippen MR) is 55.8 cm³/mol. The number of alkyl halides is 1. The molecule has 0 aromatic heterocycles. The molecule has 1 saturated carbocycles. The second-order valence-electron chi connectivity index (χ2n) is 4.87. The maximum atomic E-state index is 5.69. The fraction of sp³-hybridized carbons (Fsp3) is 1.00. The maximum absolute atomic E-state index is 5.69. The molecule has 0 amide bonds. The second-order valence-corrected chi connectivity index (χ2v) is 6.17. The van der Waals surface area contributed by atoms with Crippen LogP contribution in [0.3, 0.4) is 0 Å². The summed E-state index contributed by atoms with van der Waals surface area (Å²) < 4.78 is 5.69. The van der Waals surface area contributed by atoms with E-state index in [4.69, 9.17) is 4.74 Å². The van der Waals surface area contributed by atoms with Gasteiger partial charge in [-0.25, -0.2) is 0 Å². The Hall–Kier alpha value is 0.440. The van der Waals surface area contributed by atoms with Gasteiger partial charge in [-0.15, -0.1) is 0 Å². The molecule has 0 bridgehead atoms. The number of halogens is 1. The molecule has 1 aliphatic carbocycles. The van der Waals surface area contributed by atoms with Gasteiger partial charge in [0.1, 0.15) is 0 Å². The lowest BCUT2D eigenvalue weighted by Gasteiger charge is -2.32. The van der Waals surface area contributed by atoms with Gasteiger partial charge in [0.2, 0.25) is 0 Å². The van der Waals surface area contributed by atoms with E-state index in [1.165, 1.54) is 12.8 Å². The summed E-state index contributed by atoms with van der Waals surface area (Å²) in [7, 11) is 0. The van der Waals surface area contributed by atoms with Gasteiger partial charge in [0.25, 0.3) is 0 Å². The van der Waals surface area contributed by atoms with Crippen LogP contribution in [-0.4, -0.2) is 17.5 Å². The minimum atomic E-state index is 0.414.